The van der Waals surface area contributed by atoms with Gasteiger partial charge in [-0.05, 0) is 42.0 Å². The highest BCUT2D eigenvalue weighted by Crippen LogP contribution is 2.43. The molecule has 0 aromatic heterocycles. The van der Waals surface area contributed by atoms with Crippen molar-refractivity contribution in [3.8, 4) is 5.75 Å². The molecule has 1 aliphatic rings. The molecule has 2 rings (SSSR count). The molecule has 1 amide bonds. The first kappa shape index (κ1) is 17.5. The first-order chi connectivity index (χ1) is 10.8. The first-order valence-corrected chi connectivity index (χ1v) is 10.1. The zero-order valence-electron chi connectivity index (χ0n) is 13.2. The van der Waals surface area contributed by atoms with Crippen LogP contribution < -0.4 is 10.1 Å². The predicted octanol–water partition coefficient (Wildman–Crippen LogP) is 4.24. The van der Waals surface area contributed by atoms with Crippen molar-refractivity contribution in [2.45, 2.75) is 37.2 Å². The smallest absolute Gasteiger partial charge is 0.257 e. The van der Waals surface area contributed by atoms with Crippen LogP contribution in [0.25, 0.3) is 0 Å². The normalized spacial score (nSPS) is 15.5. The zero-order chi connectivity index (χ0) is 15.6. The average molecular weight is 340 g/mol. The molecule has 0 radical (unpaired) electrons. The van der Waals surface area contributed by atoms with Crippen LogP contribution in [0.1, 0.15) is 42.8 Å². The lowest BCUT2D eigenvalue weighted by Crippen LogP contribution is -2.29. The summed E-state index contributed by atoms with van der Waals surface area (Å²) in [5.74, 6) is 3.21. The summed E-state index contributed by atoms with van der Waals surface area (Å²) in [5.41, 5.74) is 1.34. The van der Waals surface area contributed by atoms with Gasteiger partial charge in [-0.3, -0.25) is 4.79 Å². The van der Waals surface area contributed by atoms with Gasteiger partial charge in [-0.1, -0.05) is 31.9 Å². The molecule has 1 aromatic rings. The molecule has 0 bridgehead atoms. The van der Waals surface area contributed by atoms with Gasteiger partial charge in [0.05, 0.1) is 4.58 Å². The van der Waals surface area contributed by atoms with Crippen LogP contribution in [-0.4, -0.2) is 30.6 Å². The number of ether oxygens (including phenoxy) is 1. The summed E-state index contributed by atoms with van der Waals surface area (Å²) < 4.78 is 6.09. The summed E-state index contributed by atoms with van der Waals surface area (Å²) in [7, 11) is 0. The van der Waals surface area contributed by atoms with Crippen molar-refractivity contribution in [2.75, 3.05) is 24.7 Å². The van der Waals surface area contributed by atoms with Gasteiger partial charge in [-0.25, -0.2) is 0 Å². The lowest BCUT2D eigenvalue weighted by molar-refractivity contribution is -0.123. The van der Waals surface area contributed by atoms with Crippen LogP contribution in [-0.2, 0) is 4.79 Å². The topological polar surface area (TPSA) is 38.3 Å². The maximum atomic E-state index is 11.7. The van der Waals surface area contributed by atoms with Crippen molar-refractivity contribution >= 4 is 29.4 Å². The highest BCUT2D eigenvalue weighted by atomic mass is 32.2. The third-order valence-electron chi connectivity index (χ3n) is 3.45. The van der Waals surface area contributed by atoms with Crippen molar-refractivity contribution in [3.63, 3.8) is 0 Å². The van der Waals surface area contributed by atoms with Crippen LogP contribution >= 0.6 is 23.5 Å². The van der Waals surface area contributed by atoms with E-state index in [-0.39, 0.29) is 12.5 Å². The van der Waals surface area contributed by atoms with E-state index in [9.17, 15) is 4.79 Å². The average Bonchev–Trinajstić information content (AvgIpc) is 2.58. The van der Waals surface area contributed by atoms with Crippen molar-refractivity contribution in [3.05, 3.63) is 29.8 Å². The number of thioether (sulfide) groups is 2. The van der Waals surface area contributed by atoms with Crippen molar-refractivity contribution in [2.24, 2.45) is 0 Å². The van der Waals surface area contributed by atoms with Crippen LogP contribution in [0.4, 0.5) is 0 Å². The monoisotopic (exact) mass is 339 g/mol. The van der Waals surface area contributed by atoms with Crippen molar-refractivity contribution in [1.29, 1.82) is 0 Å². The lowest BCUT2D eigenvalue weighted by Gasteiger charge is -2.21. The number of nitrogens with one attached hydrogen (secondary N) is 1. The molecule has 1 saturated heterocycles. The van der Waals surface area contributed by atoms with Gasteiger partial charge in [0.15, 0.2) is 6.61 Å². The molecule has 22 heavy (non-hydrogen) atoms. The Morgan fingerprint density at radius 3 is 2.64 bits per heavy atom. The van der Waals surface area contributed by atoms with E-state index in [4.69, 9.17) is 4.74 Å². The molecular formula is C17H25NO2S2. The molecular weight excluding hydrogens is 314 g/mol. The van der Waals surface area contributed by atoms with Crippen LogP contribution in [0.5, 0.6) is 5.75 Å². The van der Waals surface area contributed by atoms with Crippen LogP contribution in [0.15, 0.2) is 24.3 Å². The molecule has 1 N–H and O–H groups in total. The van der Waals surface area contributed by atoms with E-state index >= 15 is 0 Å². The van der Waals surface area contributed by atoms with Crippen molar-refractivity contribution in [1.82, 2.24) is 5.32 Å². The number of unbranched alkanes of at least 4 members (excludes halogenated alkanes) is 2. The molecule has 0 saturated carbocycles. The van der Waals surface area contributed by atoms with E-state index in [0.717, 1.165) is 31.6 Å². The van der Waals surface area contributed by atoms with E-state index in [2.05, 4.69) is 24.4 Å². The second kappa shape index (κ2) is 10.1. The molecule has 1 fully saturated rings. The number of hydrogen-bond donors (Lipinski definition) is 1. The third-order valence-corrected chi connectivity index (χ3v) is 6.47. The predicted molar refractivity (Wildman–Crippen MR) is 96.7 cm³/mol. The van der Waals surface area contributed by atoms with E-state index in [1.54, 1.807) is 0 Å². The quantitative estimate of drug-likeness (QED) is 0.719. The van der Waals surface area contributed by atoms with Gasteiger partial charge in [0.2, 0.25) is 0 Å². The Balaban J connectivity index is 1.70. The van der Waals surface area contributed by atoms with E-state index in [1.807, 2.05) is 35.7 Å². The number of amides is 1. The maximum Gasteiger partial charge on any atom is 0.257 e. The fraction of sp³-hybridized carbons (Fsp3) is 0.588. The summed E-state index contributed by atoms with van der Waals surface area (Å²) in [6, 6.07) is 8.17. The van der Waals surface area contributed by atoms with E-state index in [1.165, 1.54) is 23.5 Å². The summed E-state index contributed by atoms with van der Waals surface area (Å²) in [6.07, 6.45) is 4.66. The molecule has 1 aliphatic heterocycles. The van der Waals surface area contributed by atoms with Crippen LogP contribution in [0, 0.1) is 0 Å². The zero-order valence-corrected chi connectivity index (χ0v) is 14.8. The molecule has 3 nitrogen and oxygen atoms in total. The van der Waals surface area contributed by atoms with Gasteiger partial charge >= 0.3 is 0 Å². The number of hydrogen-bond acceptors (Lipinski definition) is 4. The molecule has 0 aliphatic carbocycles. The molecule has 122 valence electrons. The number of benzene rings is 1. The minimum absolute atomic E-state index is 0.0430. The Labute approximate surface area is 142 Å². The largest absolute Gasteiger partial charge is 0.484 e. The Morgan fingerprint density at radius 1 is 1.23 bits per heavy atom. The number of carbonyl (C=O) groups is 1. The van der Waals surface area contributed by atoms with E-state index < -0.39 is 0 Å². The lowest BCUT2D eigenvalue weighted by atomic mass is 10.2. The Morgan fingerprint density at radius 2 is 1.95 bits per heavy atom. The van der Waals surface area contributed by atoms with Gasteiger partial charge in [0.25, 0.3) is 5.91 Å². The van der Waals surface area contributed by atoms with Gasteiger partial charge < -0.3 is 10.1 Å². The fourth-order valence-corrected chi connectivity index (χ4v) is 5.10. The van der Waals surface area contributed by atoms with Gasteiger partial charge in [0.1, 0.15) is 5.75 Å². The number of rotatable bonds is 8. The van der Waals surface area contributed by atoms with Gasteiger partial charge in [-0.2, -0.15) is 0 Å². The number of carbonyl (C=O) groups excluding carboxylic acids is 1. The molecule has 0 unspecified atom stereocenters. The van der Waals surface area contributed by atoms with Gasteiger partial charge in [-0.15, -0.1) is 23.5 Å². The van der Waals surface area contributed by atoms with Crippen molar-refractivity contribution < 1.29 is 9.53 Å². The maximum absolute atomic E-state index is 11.7. The Kier molecular flexibility index (Phi) is 8.02. The summed E-state index contributed by atoms with van der Waals surface area (Å²) in [6.45, 7) is 2.99. The Bertz CT molecular complexity index is 444. The van der Waals surface area contributed by atoms with Crippen LogP contribution in [0.2, 0.25) is 0 Å². The molecule has 0 atom stereocenters. The summed E-state index contributed by atoms with van der Waals surface area (Å²) >= 11 is 4.02. The standard InChI is InChI=1S/C17H25NO2S2/c1-2-3-4-10-18-16(19)13-20-15-8-6-14(7-9-15)17-21-11-5-12-22-17/h6-9,17H,2-5,10-13H2,1H3,(H,18,19). The summed E-state index contributed by atoms with van der Waals surface area (Å²) in [5, 5.41) is 2.88. The minimum Gasteiger partial charge on any atom is -0.484 e. The second-order valence-corrected chi connectivity index (χ2v) is 8.07. The van der Waals surface area contributed by atoms with Crippen LogP contribution in [0.3, 0.4) is 0 Å². The summed E-state index contributed by atoms with van der Waals surface area (Å²) in [4.78, 5) is 11.7. The first-order valence-electron chi connectivity index (χ1n) is 8.02. The minimum atomic E-state index is -0.0430. The Hall–Kier alpha value is -0.810. The SMILES string of the molecule is CCCCCNC(=O)COc1ccc(C2SCCCS2)cc1. The third kappa shape index (κ3) is 6.13. The van der Waals surface area contributed by atoms with Gasteiger partial charge in [0, 0.05) is 6.54 Å². The highest BCUT2D eigenvalue weighted by molar-refractivity contribution is 8.16. The molecule has 1 heterocycles. The highest BCUT2D eigenvalue weighted by Gasteiger charge is 2.16. The fourth-order valence-electron chi connectivity index (χ4n) is 2.20. The second-order valence-electron chi connectivity index (χ2n) is 5.34. The van der Waals surface area contributed by atoms with E-state index in [0.29, 0.717) is 4.58 Å². The molecule has 0 spiro atoms. The molecule has 1 aromatic carbocycles. The molecule has 5 heteroatoms.